The van der Waals surface area contributed by atoms with Gasteiger partial charge >= 0.3 is 0 Å². The summed E-state index contributed by atoms with van der Waals surface area (Å²) in [6.07, 6.45) is 3.11. The Balaban J connectivity index is 1.93. The largest absolute Gasteiger partial charge is 0.354 e. The standard InChI is InChI=1S/C31H35Cl4N3O4S/c1-3-4-17-36-31(40)29(19-22-10-6-5-7-11-22)37(21-24-25(33)12-8-13-26(24)34)30(39)14-9-18-38(43(2,41)42)28-20-23(32)15-16-27(28)35/h5-8,10-13,15-16,20,29H,3-4,9,14,17-19,21H2,1-2H3,(H,36,40)/t29-/m0/s1. The Morgan fingerprint density at radius 1 is 0.884 bits per heavy atom. The van der Waals surface area contributed by atoms with E-state index in [1.54, 1.807) is 24.3 Å². The number of carbonyl (C=O) groups is 2. The van der Waals surface area contributed by atoms with E-state index in [-0.39, 0.29) is 54.9 Å². The zero-order valence-corrected chi connectivity index (χ0v) is 27.9. The molecule has 2 amide bonds. The molecule has 0 aromatic heterocycles. The molecule has 0 spiro atoms. The summed E-state index contributed by atoms with van der Waals surface area (Å²) in [5, 5.41) is 4.24. The lowest BCUT2D eigenvalue weighted by molar-refractivity contribution is -0.141. The number of sulfonamides is 1. The first-order valence-corrected chi connectivity index (χ1v) is 17.2. The van der Waals surface area contributed by atoms with Gasteiger partial charge < -0.3 is 10.2 Å². The Kier molecular flexibility index (Phi) is 13.5. The van der Waals surface area contributed by atoms with Gasteiger partial charge in [0, 0.05) is 53.1 Å². The van der Waals surface area contributed by atoms with Gasteiger partial charge in [-0.3, -0.25) is 13.9 Å². The third-order valence-electron chi connectivity index (χ3n) is 6.82. The van der Waals surface area contributed by atoms with E-state index in [2.05, 4.69) is 5.32 Å². The summed E-state index contributed by atoms with van der Waals surface area (Å²) < 4.78 is 26.5. The van der Waals surface area contributed by atoms with E-state index in [0.717, 1.165) is 29.0 Å². The van der Waals surface area contributed by atoms with Gasteiger partial charge in [-0.2, -0.15) is 0 Å². The predicted molar refractivity (Wildman–Crippen MR) is 177 cm³/mol. The summed E-state index contributed by atoms with van der Waals surface area (Å²) in [5.41, 5.74) is 1.61. The molecule has 0 fully saturated rings. The van der Waals surface area contributed by atoms with Crippen LogP contribution in [0.4, 0.5) is 5.69 Å². The van der Waals surface area contributed by atoms with E-state index in [0.29, 0.717) is 27.2 Å². The highest BCUT2D eigenvalue weighted by Gasteiger charge is 2.31. The van der Waals surface area contributed by atoms with Crippen molar-refractivity contribution in [2.24, 2.45) is 0 Å². The van der Waals surface area contributed by atoms with Crippen molar-refractivity contribution in [2.45, 2.75) is 51.6 Å². The summed E-state index contributed by atoms with van der Waals surface area (Å²) in [6, 6.07) is 18.2. The number of amides is 2. The molecule has 3 aromatic rings. The van der Waals surface area contributed by atoms with E-state index in [9.17, 15) is 18.0 Å². The summed E-state index contributed by atoms with van der Waals surface area (Å²) >= 11 is 25.4. The lowest BCUT2D eigenvalue weighted by Crippen LogP contribution is -2.50. The second kappa shape index (κ2) is 16.5. The minimum atomic E-state index is -3.75. The molecule has 0 radical (unpaired) electrons. The van der Waals surface area contributed by atoms with Crippen LogP contribution in [-0.4, -0.2) is 50.5 Å². The van der Waals surface area contributed by atoms with Crippen LogP contribution in [0.25, 0.3) is 0 Å². The fourth-order valence-corrected chi connectivity index (χ4v) is 6.50. The topological polar surface area (TPSA) is 86.8 Å². The van der Waals surface area contributed by atoms with Crippen molar-refractivity contribution in [1.29, 1.82) is 0 Å². The molecule has 1 atom stereocenters. The summed E-state index contributed by atoms with van der Waals surface area (Å²) in [5.74, 6) is -0.648. The summed E-state index contributed by atoms with van der Waals surface area (Å²) in [4.78, 5) is 29.1. The van der Waals surface area contributed by atoms with Gasteiger partial charge in [-0.25, -0.2) is 8.42 Å². The minimum Gasteiger partial charge on any atom is -0.354 e. The molecule has 12 heteroatoms. The van der Waals surface area contributed by atoms with Crippen LogP contribution in [0, 0.1) is 0 Å². The molecule has 0 saturated heterocycles. The average Bonchev–Trinajstić information content (AvgIpc) is 2.95. The molecule has 232 valence electrons. The van der Waals surface area contributed by atoms with Crippen LogP contribution in [0.3, 0.4) is 0 Å². The van der Waals surface area contributed by atoms with Crippen LogP contribution >= 0.6 is 46.4 Å². The highest BCUT2D eigenvalue weighted by Crippen LogP contribution is 2.31. The zero-order valence-electron chi connectivity index (χ0n) is 24.0. The molecule has 3 aromatic carbocycles. The van der Waals surface area contributed by atoms with Gasteiger partial charge in [0.1, 0.15) is 6.04 Å². The minimum absolute atomic E-state index is 0.00799. The number of nitrogens with one attached hydrogen (secondary N) is 1. The van der Waals surface area contributed by atoms with E-state index in [1.165, 1.54) is 17.0 Å². The van der Waals surface area contributed by atoms with E-state index in [4.69, 9.17) is 46.4 Å². The third kappa shape index (κ3) is 10.3. The smallest absolute Gasteiger partial charge is 0.243 e. The SMILES string of the molecule is CCCCNC(=O)[C@H](Cc1ccccc1)N(Cc1c(Cl)cccc1Cl)C(=O)CCCN(c1cc(Cl)ccc1Cl)S(C)(=O)=O. The van der Waals surface area contributed by atoms with Crippen molar-refractivity contribution in [3.05, 3.63) is 97.9 Å². The van der Waals surface area contributed by atoms with Gasteiger partial charge in [-0.15, -0.1) is 0 Å². The Labute approximate surface area is 274 Å². The number of hydrogen-bond donors (Lipinski definition) is 1. The van der Waals surface area contributed by atoms with Gasteiger partial charge in [-0.1, -0.05) is 96.1 Å². The molecule has 7 nitrogen and oxygen atoms in total. The number of carbonyl (C=O) groups excluding carboxylic acids is 2. The summed E-state index contributed by atoms with van der Waals surface area (Å²) in [7, 11) is -3.75. The van der Waals surface area contributed by atoms with E-state index < -0.39 is 16.1 Å². The molecule has 1 N–H and O–H groups in total. The zero-order chi connectivity index (χ0) is 31.6. The molecule has 0 aliphatic rings. The van der Waals surface area contributed by atoms with Crippen LogP contribution in [0.1, 0.15) is 43.7 Å². The molecular weight excluding hydrogens is 652 g/mol. The molecule has 0 aliphatic carbocycles. The quantitative estimate of drug-likeness (QED) is 0.169. The highest BCUT2D eigenvalue weighted by molar-refractivity contribution is 7.92. The predicted octanol–water partition coefficient (Wildman–Crippen LogP) is 7.40. The lowest BCUT2D eigenvalue weighted by Gasteiger charge is -2.32. The Morgan fingerprint density at radius 3 is 2.19 bits per heavy atom. The van der Waals surface area contributed by atoms with Crippen molar-refractivity contribution in [3.8, 4) is 0 Å². The molecule has 0 saturated carbocycles. The summed E-state index contributed by atoms with van der Waals surface area (Å²) in [6.45, 7) is 2.46. The number of nitrogens with zero attached hydrogens (tertiary/aromatic N) is 2. The van der Waals surface area contributed by atoms with Crippen LogP contribution in [0.5, 0.6) is 0 Å². The molecule has 0 unspecified atom stereocenters. The second-order valence-electron chi connectivity index (χ2n) is 10.1. The van der Waals surface area contributed by atoms with Crippen molar-refractivity contribution in [2.75, 3.05) is 23.7 Å². The number of hydrogen-bond acceptors (Lipinski definition) is 4. The maximum Gasteiger partial charge on any atom is 0.243 e. The van der Waals surface area contributed by atoms with Gasteiger partial charge in [0.15, 0.2) is 0 Å². The Bertz CT molecular complexity index is 1490. The first-order valence-electron chi connectivity index (χ1n) is 13.9. The normalized spacial score (nSPS) is 12.0. The molecular formula is C31H35Cl4N3O4S. The Morgan fingerprint density at radius 2 is 1.56 bits per heavy atom. The number of unbranched alkanes of at least 4 members (excludes halogenated alkanes) is 1. The van der Waals surface area contributed by atoms with Gasteiger partial charge in [0.2, 0.25) is 21.8 Å². The number of anilines is 1. The average molecular weight is 688 g/mol. The van der Waals surface area contributed by atoms with Crippen LogP contribution in [-0.2, 0) is 32.6 Å². The first-order chi connectivity index (χ1) is 20.4. The van der Waals surface area contributed by atoms with Crippen molar-refractivity contribution in [1.82, 2.24) is 10.2 Å². The molecule has 0 bridgehead atoms. The van der Waals surface area contributed by atoms with Gasteiger partial charge in [0.05, 0.1) is 17.0 Å². The fourth-order valence-electron chi connectivity index (χ4n) is 4.57. The van der Waals surface area contributed by atoms with Crippen molar-refractivity contribution >= 4 is 73.9 Å². The lowest BCUT2D eigenvalue weighted by atomic mass is 10.0. The maximum atomic E-state index is 14.0. The van der Waals surface area contributed by atoms with Crippen molar-refractivity contribution in [3.63, 3.8) is 0 Å². The molecule has 3 rings (SSSR count). The fraction of sp³-hybridized carbons (Fsp3) is 0.355. The Hall–Kier alpha value is -2.49. The third-order valence-corrected chi connectivity index (χ3v) is 9.26. The van der Waals surface area contributed by atoms with Crippen LogP contribution in [0.2, 0.25) is 20.1 Å². The first kappa shape index (κ1) is 35.0. The van der Waals surface area contributed by atoms with E-state index >= 15 is 0 Å². The maximum absolute atomic E-state index is 14.0. The number of benzene rings is 3. The van der Waals surface area contributed by atoms with Crippen LogP contribution < -0.4 is 9.62 Å². The molecule has 0 heterocycles. The van der Waals surface area contributed by atoms with E-state index in [1.807, 2.05) is 37.3 Å². The second-order valence-corrected chi connectivity index (χ2v) is 13.7. The molecule has 0 aliphatic heterocycles. The highest BCUT2D eigenvalue weighted by atomic mass is 35.5. The number of rotatable bonds is 15. The monoisotopic (exact) mass is 685 g/mol. The number of halogens is 4. The van der Waals surface area contributed by atoms with Gasteiger partial charge in [-0.05, 0) is 48.7 Å². The van der Waals surface area contributed by atoms with Crippen LogP contribution in [0.15, 0.2) is 66.7 Å². The van der Waals surface area contributed by atoms with Gasteiger partial charge in [0.25, 0.3) is 0 Å². The van der Waals surface area contributed by atoms with Crippen molar-refractivity contribution < 1.29 is 18.0 Å². The molecule has 43 heavy (non-hydrogen) atoms.